The van der Waals surface area contributed by atoms with Crippen LogP contribution in [-0.4, -0.2) is 39.4 Å². The Hall–Kier alpha value is -3.75. The number of carbonyl (C=O) groups excluding carboxylic acids is 2. The molecule has 9 nitrogen and oxygen atoms in total. The minimum absolute atomic E-state index is 0.0325. The average molecular weight is 475 g/mol. The number of hydrogen-bond donors (Lipinski definition) is 2. The molecule has 1 atom stereocenters. The first-order chi connectivity index (χ1) is 17.0. The van der Waals surface area contributed by atoms with Gasteiger partial charge in [0.25, 0.3) is 11.5 Å². The molecule has 2 aliphatic heterocycles. The molecule has 1 saturated heterocycles. The SMILES string of the molecule is NC(=O)C1CCCN(c2ccc(NC(=O)c3ccc4c(=O)n5c(nc4c3)CCCCCC5)cn2)C1. The maximum atomic E-state index is 13.0. The summed E-state index contributed by atoms with van der Waals surface area (Å²) < 4.78 is 1.79. The van der Waals surface area contributed by atoms with Gasteiger partial charge in [0.2, 0.25) is 5.91 Å². The van der Waals surface area contributed by atoms with E-state index in [0.29, 0.717) is 35.2 Å². The van der Waals surface area contributed by atoms with E-state index in [4.69, 9.17) is 10.7 Å². The van der Waals surface area contributed by atoms with Crippen LogP contribution in [0.15, 0.2) is 41.3 Å². The van der Waals surface area contributed by atoms with Crippen LogP contribution in [0.5, 0.6) is 0 Å². The monoisotopic (exact) mass is 474 g/mol. The van der Waals surface area contributed by atoms with Crippen molar-refractivity contribution >= 4 is 34.2 Å². The number of rotatable bonds is 4. The van der Waals surface area contributed by atoms with Crippen LogP contribution in [0.4, 0.5) is 11.5 Å². The van der Waals surface area contributed by atoms with Gasteiger partial charge in [-0.3, -0.25) is 19.0 Å². The van der Waals surface area contributed by atoms with E-state index in [0.717, 1.165) is 63.1 Å². The number of benzene rings is 1. The predicted octanol–water partition coefficient (Wildman–Crippen LogP) is 2.86. The lowest BCUT2D eigenvalue weighted by molar-refractivity contribution is -0.122. The molecule has 9 heteroatoms. The molecule has 182 valence electrons. The van der Waals surface area contributed by atoms with Crippen molar-refractivity contribution in [3.05, 3.63) is 58.3 Å². The van der Waals surface area contributed by atoms with Gasteiger partial charge >= 0.3 is 0 Å². The molecule has 3 aromatic rings. The summed E-state index contributed by atoms with van der Waals surface area (Å²) in [6.45, 7) is 2.07. The zero-order valence-corrected chi connectivity index (χ0v) is 19.7. The second kappa shape index (κ2) is 9.85. The van der Waals surface area contributed by atoms with Crippen molar-refractivity contribution in [2.75, 3.05) is 23.3 Å². The van der Waals surface area contributed by atoms with E-state index < -0.39 is 0 Å². The summed E-state index contributed by atoms with van der Waals surface area (Å²) >= 11 is 0. The number of nitrogens with two attached hydrogens (primary N) is 1. The number of hydrogen-bond acceptors (Lipinski definition) is 6. The number of amides is 2. The summed E-state index contributed by atoms with van der Waals surface area (Å²) in [5.74, 6) is 0.815. The molecule has 4 heterocycles. The maximum absolute atomic E-state index is 13.0. The zero-order chi connectivity index (χ0) is 24.4. The minimum Gasteiger partial charge on any atom is -0.369 e. The van der Waals surface area contributed by atoms with Crippen LogP contribution in [0.2, 0.25) is 0 Å². The number of primary amides is 1. The number of anilines is 2. The zero-order valence-electron chi connectivity index (χ0n) is 19.7. The van der Waals surface area contributed by atoms with Gasteiger partial charge in [-0.05, 0) is 56.0 Å². The topological polar surface area (TPSA) is 123 Å². The first-order valence-corrected chi connectivity index (χ1v) is 12.3. The van der Waals surface area contributed by atoms with Gasteiger partial charge in [0, 0.05) is 31.6 Å². The Kier molecular flexibility index (Phi) is 6.48. The molecule has 0 bridgehead atoms. The molecule has 0 aliphatic carbocycles. The smallest absolute Gasteiger partial charge is 0.261 e. The van der Waals surface area contributed by atoms with Gasteiger partial charge < -0.3 is 16.0 Å². The Labute approximate surface area is 203 Å². The van der Waals surface area contributed by atoms with Gasteiger partial charge in [0.15, 0.2) is 0 Å². The Morgan fingerprint density at radius 3 is 2.69 bits per heavy atom. The number of carbonyl (C=O) groups is 2. The molecule has 0 saturated carbocycles. The minimum atomic E-state index is -0.290. The summed E-state index contributed by atoms with van der Waals surface area (Å²) in [7, 11) is 0. The number of nitrogens with one attached hydrogen (secondary N) is 1. The molecule has 0 spiro atoms. The molecule has 2 aliphatic rings. The van der Waals surface area contributed by atoms with Crippen molar-refractivity contribution in [3.8, 4) is 0 Å². The fourth-order valence-electron chi connectivity index (χ4n) is 5.00. The quantitative estimate of drug-likeness (QED) is 0.599. The van der Waals surface area contributed by atoms with Crippen LogP contribution >= 0.6 is 0 Å². The van der Waals surface area contributed by atoms with Crippen molar-refractivity contribution < 1.29 is 9.59 Å². The van der Waals surface area contributed by atoms with Crippen LogP contribution in [-0.2, 0) is 17.8 Å². The second-order valence-electron chi connectivity index (χ2n) is 9.43. The lowest BCUT2D eigenvalue weighted by atomic mass is 9.97. The van der Waals surface area contributed by atoms with Gasteiger partial charge in [-0.2, -0.15) is 0 Å². The largest absolute Gasteiger partial charge is 0.369 e. The van der Waals surface area contributed by atoms with Gasteiger partial charge in [0.05, 0.1) is 28.7 Å². The van der Waals surface area contributed by atoms with Gasteiger partial charge in [-0.1, -0.05) is 12.8 Å². The standard InChI is InChI=1S/C26H30N6O3/c27-24(33)18-6-5-12-31(16-18)22-11-9-19(15-28-22)29-25(34)17-8-10-20-21(14-17)30-23-7-3-1-2-4-13-32(23)26(20)35/h8-11,14-15,18H,1-7,12-13,16H2,(H2,27,33)(H,29,34). The van der Waals surface area contributed by atoms with E-state index in [2.05, 4.69) is 10.3 Å². The van der Waals surface area contributed by atoms with E-state index in [9.17, 15) is 14.4 Å². The predicted molar refractivity (Wildman–Crippen MR) is 134 cm³/mol. The number of fused-ring (bicyclic) bond motifs is 2. The number of pyridine rings is 1. The Bertz CT molecular complexity index is 1320. The summed E-state index contributed by atoms with van der Waals surface area (Å²) in [4.78, 5) is 48.7. The molecule has 2 amide bonds. The van der Waals surface area contributed by atoms with Gasteiger partial charge in [-0.15, -0.1) is 0 Å². The lowest BCUT2D eigenvalue weighted by Crippen LogP contribution is -2.41. The van der Waals surface area contributed by atoms with E-state index in [-0.39, 0.29) is 23.3 Å². The average Bonchev–Trinajstić information content (AvgIpc) is 2.85. The highest BCUT2D eigenvalue weighted by Gasteiger charge is 2.24. The molecule has 5 rings (SSSR count). The normalized spacial score (nSPS) is 18.4. The van der Waals surface area contributed by atoms with Crippen LogP contribution in [0.25, 0.3) is 10.9 Å². The van der Waals surface area contributed by atoms with Crippen LogP contribution in [0.3, 0.4) is 0 Å². The third-order valence-electron chi connectivity index (χ3n) is 6.98. The van der Waals surface area contributed by atoms with Crippen LogP contribution in [0.1, 0.15) is 54.7 Å². The van der Waals surface area contributed by atoms with Crippen molar-refractivity contribution in [2.45, 2.75) is 51.5 Å². The van der Waals surface area contributed by atoms with E-state index in [1.54, 1.807) is 35.0 Å². The van der Waals surface area contributed by atoms with Gasteiger partial charge in [-0.25, -0.2) is 9.97 Å². The third-order valence-corrected chi connectivity index (χ3v) is 6.98. The summed E-state index contributed by atoms with van der Waals surface area (Å²) in [5, 5.41) is 3.40. The van der Waals surface area contributed by atoms with Crippen molar-refractivity contribution in [2.24, 2.45) is 11.7 Å². The summed E-state index contributed by atoms with van der Waals surface area (Å²) in [6.07, 6.45) is 8.34. The molecule has 2 aromatic heterocycles. The highest BCUT2D eigenvalue weighted by atomic mass is 16.2. The molecule has 35 heavy (non-hydrogen) atoms. The van der Waals surface area contributed by atoms with E-state index in [1.165, 1.54) is 0 Å². The fraction of sp³-hybridized carbons (Fsp3) is 0.423. The molecular weight excluding hydrogens is 444 g/mol. The summed E-state index contributed by atoms with van der Waals surface area (Å²) in [5.41, 5.74) is 6.99. The van der Waals surface area contributed by atoms with E-state index >= 15 is 0 Å². The summed E-state index contributed by atoms with van der Waals surface area (Å²) in [6, 6.07) is 8.67. The number of aromatic nitrogens is 3. The van der Waals surface area contributed by atoms with Crippen molar-refractivity contribution in [1.29, 1.82) is 0 Å². The molecule has 0 radical (unpaired) electrons. The molecule has 1 unspecified atom stereocenters. The van der Waals surface area contributed by atoms with E-state index in [1.807, 2.05) is 11.0 Å². The third kappa shape index (κ3) is 4.89. The Morgan fingerprint density at radius 1 is 1.03 bits per heavy atom. The molecule has 1 aromatic carbocycles. The van der Waals surface area contributed by atoms with Crippen LogP contribution in [0, 0.1) is 5.92 Å². The number of piperidine rings is 1. The highest BCUT2D eigenvalue weighted by molar-refractivity contribution is 6.06. The first-order valence-electron chi connectivity index (χ1n) is 12.3. The molecule has 1 fully saturated rings. The van der Waals surface area contributed by atoms with Crippen LogP contribution < -0.4 is 21.5 Å². The Balaban J connectivity index is 1.32. The van der Waals surface area contributed by atoms with Crippen molar-refractivity contribution in [3.63, 3.8) is 0 Å². The Morgan fingerprint density at radius 2 is 1.89 bits per heavy atom. The maximum Gasteiger partial charge on any atom is 0.261 e. The molecule has 3 N–H and O–H groups in total. The molecular formula is C26H30N6O3. The fourth-order valence-corrected chi connectivity index (χ4v) is 5.00. The second-order valence-corrected chi connectivity index (χ2v) is 9.43. The number of aryl methyl sites for hydroxylation is 1. The van der Waals surface area contributed by atoms with Crippen molar-refractivity contribution in [1.82, 2.24) is 14.5 Å². The first kappa shape index (κ1) is 23.0. The van der Waals surface area contributed by atoms with Gasteiger partial charge in [0.1, 0.15) is 11.6 Å². The highest BCUT2D eigenvalue weighted by Crippen LogP contribution is 2.23. The lowest BCUT2D eigenvalue weighted by Gasteiger charge is -2.32. The number of nitrogens with zero attached hydrogens (tertiary/aromatic N) is 4.